The fraction of sp³-hybridized carbons (Fsp3) is 0.714. The minimum Gasteiger partial charge on any atom is -0.327 e. The SMILES string of the molecule is CC(C)C1CCC(N)C(Cc2cc(Br)cs2)C1. The molecule has 3 heteroatoms. The van der Waals surface area contributed by atoms with Crippen LogP contribution in [-0.2, 0) is 6.42 Å². The second kappa shape index (κ2) is 5.85. The lowest BCUT2D eigenvalue weighted by Crippen LogP contribution is -2.38. The first-order valence-electron chi connectivity index (χ1n) is 6.54. The van der Waals surface area contributed by atoms with Crippen LogP contribution in [0.3, 0.4) is 0 Å². The van der Waals surface area contributed by atoms with Crippen LogP contribution < -0.4 is 5.73 Å². The molecule has 1 nitrogen and oxygen atoms in total. The van der Waals surface area contributed by atoms with E-state index in [0.29, 0.717) is 12.0 Å². The van der Waals surface area contributed by atoms with Crippen molar-refractivity contribution >= 4 is 27.3 Å². The van der Waals surface area contributed by atoms with E-state index < -0.39 is 0 Å². The maximum Gasteiger partial charge on any atom is 0.0285 e. The van der Waals surface area contributed by atoms with Crippen LogP contribution in [0.4, 0.5) is 0 Å². The van der Waals surface area contributed by atoms with Gasteiger partial charge in [-0.3, -0.25) is 0 Å². The molecule has 1 aromatic rings. The van der Waals surface area contributed by atoms with Gasteiger partial charge in [-0.2, -0.15) is 0 Å². The number of rotatable bonds is 3. The van der Waals surface area contributed by atoms with Crippen molar-refractivity contribution in [3.8, 4) is 0 Å². The lowest BCUT2D eigenvalue weighted by Gasteiger charge is -2.36. The van der Waals surface area contributed by atoms with Crippen LogP contribution in [0.15, 0.2) is 15.9 Å². The van der Waals surface area contributed by atoms with Crippen molar-refractivity contribution in [2.24, 2.45) is 23.5 Å². The lowest BCUT2D eigenvalue weighted by atomic mass is 9.72. The molecule has 1 heterocycles. The fourth-order valence-corrected chi connectivity index (χ4v) is 4.43. The predicted molar refractivity (Wildman–Crippen MR) is 79.4 cm³/mol. The summed E-state index contributed by atoms with van der Waals surface area (Å²) in [6.45, 7) is 4.70. The highest BCUT2D eigenvalue weighted by Gasteiger charge is 2.29. The third-order valence-electron chi connectivity index (χ3n) is 4.11. The van der Waals surface area contributed by atoms with E-state index in [4.69, 9.17) is 5.73 Å². The van der Waals surface area contributed by atoms with Crippen molar-refractivity contribution in [2.75, 3.05) is 0 Å². The summed E-state index contributed by atoms with van der Waals surface area (Å²) < 4.78 is 1.21. The van der Waals surface area contributed by atoms with Crippen LogP contribution in [0.25, 0.3) is 0 Å². The van der Waals surface area contributed by atoms with Gasteiger partial charge in [0.15, 0.2) is 0 Å². The van der Waals surface area contributed by atoms with E-state index in [1.807, 2.05) is 11.3 Å². The Hall–Kier alpha value is 0.140. The summed E-state index contributed by atoms with van der Waals surface area (Å²) in [6, 6.07) is 2.65. The van der Waals surface area contributed by atoms with E-state index in [1.165, 1.54) is 35.0 Å². The highest BCUT2D eigenvalue weighted by Crippen LogP contribution is 2.36. The summed E-state index contributed by atoms with van der Waals surface area (Å²) in [5.41, 5.74) is 6.29. The van der Waals surface area contributed by atoms with Crippen LogP contribution in [0.1, 0.15) is 38.0 Å². The third-order valence-corrected chi connectivity index (χ3v) is 5.83. The molecule has 0 amide bonds. The lowest BCUT2D eigenvalue weighted by molar-refractivity contribution is 0.190. The van der Waals surface area contributed by atoms with Gasteiger partial charge >= 0.3 is 0 Å². The van der Waals surface area contributed by atoms with Gasteiger partial charge in [-0.25, -0.2) is 0 Å². The summed E-state index contributed by atoms with van der Waals surface area (Å²) in [4.78, 5) is 1.47. The average Bonchev–Trinajstić information content (AvgIpc) is 2.67. The van der Waals surface area contributed by atoms with Gasteiger partial charge in [-0.15, -0.1) is 11.3 Å². The first-order chi connectivity index (χ1) is 8.06. The van der Waals surface area contributed by atoms with E-state index in [2.05, 4.69) is 41.2 Å². The molecule has 1 aliphatic rings. The molecule has 2 rings (SSSR count). The molecule has 3 unspecified atom stereocenters. The van der Waals surface area contributed by atoms with E-state index in [1.54, 1.807) is 0 Å². The highest BCUT2D eigenvalue weighted by molar-refractivity contribution is 9.10. The van der Waals surface area contributed by atoms with E-state index in [0.717, 1.165) is 11.8 Å². The second-order valence-corrected chi connectivity index (χ2v) is 7.59. The second-order valence-electron chi connectivity index (χ2n) is 5.68. The Kier molecular flexibility index (Phi) is 4.67. The van der Waals surface area contributed by atoms with E-state index in [-0.39, 0.29) is 0 Å². The molecule has 1 aromatic heterocycles. The van der Waals surface area contributed by atoms with Gasteiger partial charge in [-0.1, -0.05) is 13.8 Å². The predicted octanol–water partition coefficient (Wildman–Crippen LogP) is 4.45. The molecule has 0 aromatic carbocycles. The van der Waals surface area contributed by atoms with Crippen molar-refractivity contribution in [3.63, 3.8) is 0 Å². The topological polar surface area (TPSA) is 26.0 Å². The molecule has 0 aliphatic heterocycles. The quantitative estimate of drug-likeness (QED) is 0.876. The molecule has 96 valence electrons. The molecule has 3 atom stereocenters. The van der Waals surface area contributed by atoms with Crippen molar-refractivity contribution < 1.29 is 0 Å². The van der Waals surface area contributed by atoms with Crippen molar-refractivity contribution in [3.05, 3.63) is 20.8 Å². The van der Waals surface area contributed by atoms with Gasteiger partial charge in [0.05, 0.1) is 0 Å². The summed E-state index contributed by atoms with van der Waals surface area (Å²) in [5.74, 6) is 2.37. The minimum atomic E-state index is 0.408. The minimum absolute atomic E-state index is 0.408. The largest absolute Gasteiger partial charge is 0.327 e. The Morgan fingerprint density at radius 3 is 2.82 bits per heavy atom. The number of nitrogens with two attached hydrogens (primary N) is 1. The van der Waals surface area contributed by atoms with Gasteiger partial charge in [0.25, 0.3) is 0 Å². The Morgan fingerprint density at radius 1 is 1.47 bits per heavy atom. The fourth-order valence-electron chi connectivity index (χ4n) is 2.88. The maximum absolute atomic E-state index is 6.29. The monoisotopic (exact) mass is 315 g/mol. The first kappa shape index (κ1) is 13.6. The van der Waals surface area contributed by atoms with E-state index in [9.17, 15) is 0 Å². The molecule has 1 aliphatic carbocycles. The smallest absolute Gasteiger partial charge is 0.0285 e. The van der Waals surface area contributed by atoms with Gasteiger partial charge in [-0.05, 0) is 65.4 Å². The Labute approximate surface area is 117 Å². The summed E-state index contributed by atoms with van der Waals surface area (Å²) in [7, 11) is 0. The highest BCUT2D eigenvalue weighted by atomic mass is 79.9. The molecule has 0 saturated heterocycles. The maximum atomic E-state index is 6.29. The van der Waals surface area contributed by atoms with Gasteiger partial charge in [0.1, 0.15) is 0 Å². The van der Waals surface area contributed by atoms with Crippen molar-refractivity contribution in [1.82, 2.24) is 0 Å². The normalized spacial score (nSPS) is 29.8. The number of thiophene rings is 1. The summed E-state index contributed by atoms with van der Waals surface area (Å²) in [6.07, 6.45) is 5.01. The summed E-state index contributed by atoms with van der Waals surface area (Å²) in [5, 5.41) is 2.17. The molecule has 0 bridgehead atoms. The molecular weight excluding hydrogens is 294 g/mol. The van der Waals surface area contributed by atoms with Gasteiger partial charge in [0, 0.05) is 20.8 Å². The van der Waals surface area contributed by atoms with Crippen LogP contribution in [0.2, 0.25) is 0 Å². The molecule has 1 saturated carbocycles. The van der Waals surface area contributed by atoms with Gasteiger partial charge in [0.2, 0.25) is 0 Å². The van der Waals surface area contributed by atoms with E-state index >= 15 is 0 Å². The van der Waals surface area contributed by atoms with Crippen molar-refractivity contribution in [2.45, 2.75) is 45.6 Å². The van der Waals surface area contributed by atoms with Gasteiger partial charge < -0.3 is 5.73 Å². The van der Waals surface area contributed by atoms with Crippen LogP contribution in [0.5, 0.6) is 0 Å². The summed E-state index contributed by atoms with van der Waals surface area (Å²) >= 11 is 5.38. The number of hydrogen-bond acceptors (Lipinski definition) is 2. The average molecular weight is 316 g/mol. The molecule has 17 heavy (non-hydrogen) atoms. The molecular formula is C14H22BrNS. The molecule has 0 spiro atoms. The zero-order valence-electron chi connectivity index (χ0n) is 10.7. The molecule has 0 radical (unpaired) electrons. The Morgan fingerprint density at radius 2 is 2.24 bits per heavy atom. The molecule has 1 fully saturated rings. The zero-order valence-corrected chi connectivity index (χ0v) is 13.1. The third kappa shape index (κ3) is 3.55. The molecule has 2 N–H and O–H groups in total. The van der Waals surface area contributed by atoms with Crippen molar-refractivity contribution in [1.29, 1.82) is 0 Å². The van der Waals surface area contributed by atoms with Crippen LogP contribution in [-0.4, -0.2) is 6.04 Å². The van der Waals surface area contributed by atoms with Crippen LogP contribution >= 0.6 is 27.3 Å². The first-order valence-corrected chi connectivity index (χ1v) is 8.22. The standard InChI is InChI=1S/C14H22BrNS/c1-9(2)10-3-4-14(16)11(5-10)6-13-7-12(15)8-17-13/h7-11,14H,3-6,16H2,1-2H3. The number of halogens is 1. The Balaban J connectivity index is 1.98. The number of hydrogen-bond donors (Lipinski definition) is 1. The Bertz CT molecular complexity index is 361. The zero-order chi connectivity index (χ0) is 12.4. The van der Waals surface area contributed by atoms with Crippen LogP contribution in [0, 0.1) is 17.8 Å².